The van der Waals surface area contributed by atoms with Crippen LogP contribution in [-0.4, -0.2) is 50.0 Å². The third kappa shape index (κ3) is 7.43. The molecule has 0 N–H and O–H groups in total. The summed E-state index contributed by atoms with van der Waals surface area (Å²) >= 11 is 0. The number of hydrogen-bond acceptors (Lipinski definition) is 3. The van der Waals surface area contributed by atoms with E-state index >= 15 is 0 Å². The summed E-state index contributed by atoms with van der Waals surface area (Å²) in [7, 11) is 0. The third-order valence-electron chi connectivity index (χ3n) is 5.17. The molecule has 2 fully saturated rings. The Morgan fingerprint density at radius 1 is 0.682 bits per heavy atom. The highest BCUT2D eigenvalue weighted by molar-refractivity contribution is 4.67. The molecule has 0 aromatic heterocycles. The Kier molecular flexibility index (Phi) is 9.46. The zero-order chi connectivity index (χ0) is 15.5. The minimum Gasteiger partial charge on any atom is -0.377 e. The van der Waals surface area contributed by atoms with Crippen molar-refractivity contribution < 1.29 is 9.47 Å². The van der Waals surface area contributed by atoms with Gasteiger partial charge >= 0.3 is 0 Å². The first-order chi connectivity index (χ1) is 10.9. The predicted molar refractivity (Wildman–Crippen MR) is 92.4 cm³/mol. The van der Waals surface area contributed by atoms with Gasteiger partial charge in [-0.3, -0.25) is 4.90 Å². The van der Waals surface area contributed by atoms with Crippen LogP contribution in [0.15, 0.2) is 0 Å². The third-order valence-corrected chi connectivity index (χ3v) is 5.17. The summed E-state index contributed by atoms with van der Waals surface area (Å²) < 4.78 is 12.1. The maximum absolute atomic E-state index is 6.07. The molecule has 0 unspecified atom stereocenters. The first kappa shape index (κ1) is 18.2. The van der Waals surface area contributed by atoms with Crippen molar-refractivity contribution in [3.63, 3.8) is 0 Å². The van der Waals surface area contributed by atoms with E-state index in [4.69, 9.17) is 9.47 Å². The highest BCUT2D eigenvalue weighted by atomic mass is 16.5. The lowest BCUT2D eigenvalue weighted by Gasteiger charge is -2.27. The van der Waals surface area contributed by atoms with Crippen LogP contribution >= 0.6 is 0 Å². The minimum absolute atomic E-state index is 0.538. The molecule has 2 rings (SSSR count). The molecule has 3 nitrogen and oxygen atoms in total. The van der Waals surface area contributed by atoms with Gasteiger partial charge in [-0.25, -0.2) is 0 Å². The van der Waals surface area contributed by atoms with E-state index in [2.05, 4.69) is 11.8 Å². The van der Waals surface area contributed by atoms with Gasteiger partial charge in [0, 0.05) is 13.1 Å². The maximum Gasteiger partial charge on any atom is 0.0597 e. The van der Waals surface area contributed by atoms with E-state index in [9.17, 15) is 0 Å². The average molecular weight is 312 g/mol. The second-order valence-corrected chi connectivity index (χ2v) is 7.10. The second-order valence-electron chi connectivity index (χ2n) is 7.10. The smallest absolute Gasteiger partial charge is 0.0597 e. The largest absolute Gasteiger partial charge is 0.377 e. The molecular weight excluding hydrogens is 274 g/mol. The fourth-order valence-electron chi connectivity index (χ4n) is 3.81. The Labute approximate surface area is 137 Å². The van der Waals surface area contributed by atoms with Gasteiger partial charge in [0.1, 0.15) is 0 Å². The first-order valence-corrected chi connectivity index (χ1v) is 9.84. The molecule has 22 heavy (non-hydrogen) atoms. The molecule has 0 atom stereocenters. The molecule has 2 saturated carbocycles. The lowest BCUT2D eigenvalue weighted by Crippen LogP contribution is -2.34. The van der Waals surface area contributed by atoms with Gasteiger partial charge in [-0.1, -0.05) is 45.4 Å². The normalized spacial score (nSPS) is 21.5. The maximum atomic E-state index is 6.07. The summed E-state index contributed by atoms with van der Waals surface area (Å²) in [6, 6.07) is 0. The second kappa shape index (κ2) is 11.4. The molecule has 130 valence electrons. The Hall–Kier alpha value is -0.120. The van der Waals surface area contributed by atoms with E-state index in [0.29, 0.717) is 12.2 Å². The van der Waals surface area contributed by atoms with Gasteiger partial charge in [0.05, 0.1) is 25.4 Å². The fourth-order valence-corrected chi connectivity index (χ4v) is 3.81. The Bertz CT molecular complexity index is 236. The molecule has 2 aliphatic carbocycles. The summed E-state index contributed by atoms with van der Waals surface area (Å²) in [6.45, 7) is 7.36. The summed E-state index contributed by atoms with van der Waals surface area (Å²) in [5, 5.41) is 0. The molecule has 0 aromatic rings. The van der Waals surface area contributed by atoms with Crippen LogP contribution in [0.3, 0.4) is 0 Å². The zero-order valence-corrected chi connectivity index (χ0v) is 14.7. The van der Waals surface area contributed by atoms with Gasteiger partial charge in [-0.2, -0.15) is 0 Å². The zero-order valence-electron chi connectivity index (χ0n) is 14.7. The van der Waals surface area contributed by atoms with Crippen molar-refractivity contribution in [3.8, 4) is 0 Å². The first-order valence-electron chi connectivity index (χ1n) is 9.84. The van der Waals surface area contributed by atoms with Gasteiger partial charge in [-0.15, -0.1) is 0 Å². The molecule has 0 saturated heterocycles. The molecule has 3 heteroatoms. The molecule has 0 amide bonds. The molecule has 0 bridgehead atoms. The fraction of sp³-hybridized carbons (Fsp3) is 1.00. The van der Waals surface area contributed by atoms with Crippen LogP contribution < -0.4 is 0 Å². The molecule has 0 spiro atoms. The number of rotatable bonds is 10. The monoisotopic (exact) mass is 311 g/mol. The summed E-state index contributed by atoms with van der Waals surface area (Å²) in [5.74, 6) is 0. The van der Waals surface area contributed by atoms with Crippen molar-refractivity contribution in [1.82, 2.24) is 4.90 Å². The number of nitrogens with zero attached hydrogens (tertiary/aromatic N) is 1. The molecule has 2 aliphatic rings. The topological polar surface area (TPSA) is 21.7 Å². The highest BCUT2D eigenvalue weighted by Gasteiger charge is 2.15. The Morgan fingerprint density at radius 2 is 1.14 bits per heavy atom. The van der Waals surface area contributed by atoms with Gasteiger partial charge in [-0.05, 0) is 38.6 Å². The standard InChI is InChI=1S/C19H37NO2/c1-2-13-20(14-16-21-18-9-5-3-6-10-18)15-17-22-19-11-7-4-8-12-19/h18-19H,2-17H2,1H3. The highest BCUT2D eigenvalue weighted by Crippen LogP contribution is 2.21. The van der Waals surface area contributed by atoms with Gasteiger partial charge in [0.25, 0.3) is 0 Å². The lowest BCUT2D eigenvalue weighted by atomic mass is 9.98. The summed E-state index contributed by atoms with van der Waals surface area (Å²) in [4.78, 5) is 2.52. The van der Waals surface area contributed by atoms with E-state index in [0.717, 1.165) is 26.3 Å². The van der Waals surface area contributed by atoms with Crippen LogP contribution in [-0.2, 0) is 9.47 Å². The molecule has 0 radical (unpaired) electrons. The number of hydrogen-bond donors (Lipinski definition) is 0. The van der Waals surface area contributed by atoms with Crippen molar-refractivity contribution >= 4 is 0 Å². The van der Waals surface area contributed by atoms with Crippen molar-refractivity contribution in [1.29, 1.82) is 0 Å². The van der Waals surface area contributed by atoms with E-state index in [1.807, 2.05) is 0 Å². The van der Waals surface area contributed by atoms with Crippen LogP contribution in [0.1, 0.15) is 77.6 Å². The minimum atomic E-state index is 0.538. The van der Waals surface area contributed by atoms with E-state index < -0.39 is 0 Å². The van der Waals surface area contributed by atoms with Crippen LogP contribution in [0.4, 0.5) is 0 Å². The number of ether oxygens (including phenoxy) is 2. The van der Waals surface area contributed by atoms with Gasteiger partial charge in [0.2, 0.25) is 0 Å². The summed E-state index contributed by atoms with van der Waals surface area (Å²) in [6.07, 6.45) is 15.6. The van der Waals surface area contributed by atoms with Crippen LogP contribution in [0.5, 0.6) is 0 Å². The van der Waals surface area contributed by atoms with Crippen molar-refractivity contribution in [2.24, 2.45) is 0 Å². The van der Waals surface area contributed by atoms with E-state index in [1.54, 1.807) is 0 Å². The SMILES string of the molecule is CCCN(CCOC1CCCCC1)CCOC1CCCCC1. The van der Waals surface area contributed by atoms with E-state index in [1.165, 1.54) is 77.2 Å². The average Bonchev–Trinajstić information content (AvgIpc) is 2.57. The summed E-state index contributed by atoms with van der Waals surface area (Å²) in [5.41, 5.74) is 0. The van der Waals surface area contributed by atoms with Crippen molar-refractivity contribution in [2.75, 3.05) is 32.8 Å². The Morgan fingerprint density at radius 3 is 1.55 bits per heavy atom. The molecule has 0 aliphatic heterocycles. The lowest BCUT2D eigenvalue weighted by molar-refractivity contribution is -0.00261. The van der Waals surface area contributed by atoms with Crippen LogP contribution in [0.2, 0.25) is 0 Å². The van der Waals surface area contributed by atoms with Crippen LogP contribution in [0, 0.1) is 0 Å². The predicted octanol–water partition coefficient (Wildman–Crippen LogP) is 4.40. The van der Waals surface area contributed by atoms with Gasteiger partial charge < -0.3 is 9.47 Å². The molecule has 0 aromatic carbocycles. The van der Waals surface area contributed by atoms with Crippen LogP contribution in [0.25, 0.3) is 0 Å². The van der Waals surface area contributed by atoms with Crippen molar-refractivity contribution in [3.05, 3.63) is 0 Å². The molecular formula is C19H37NO2. The van der Waals surface area contributed by atoms with Gasteiger partial charge in [0.15, 0.2) is 0 Å². The Balaban J connectivity index is 1.55. The molecule has 0 heterocycles. The van der Waals surface area contributed by atoms with Crippen molar-refractivity contribution in [2.45, 2.75) is 89.8 Å². The quantitative estimate of drug-likeness (QED) is 0.597. The van der Waals surface area contributed by atoms with E-state index in [-0.39, 0.29) is 0 Å².